The Hall–Kier alpha value is -4.01. The largest absolute Gasteiger partial charge is 0.423 e. The van der Waals surface area contributed by atoms with Crippen LogP contribution in [0.4, 0.5) is 10.5 Å². The third kappa shape index (κ3) is 3.75. The molecular weight excluding hydrogens is 426 g/mol. The first-order valence-electron chi connectivity index (χ1n) is 10.5. The highest BCUT2D eigenvalue weighted by Gasteiger charge is 2.49. The molecule has 0 bridgehead atoms. The first-order chi connectivity index (χ1) is 15.5. The molecule has 33 heavy (non-hydrogen) atoms. The van der Waals surface area contributed by atoms with Crippen LogP contribution >= 0.6 is 0 Å². The Kier molecular flexibility index (Phi) is 5.27. The number of rotatable bonds is 5. The topological polar surface area (TPSA) is 123 Å². The van der Waals surface area contributed by atoms with E-state index in [1.54, 1.807) is 12.1 Å². The summed E-state index contributed by atoms with van der Waals surface area (Å²) in [6, 6.07) is 9.95. The number of fused-ring (bicyclic) bond motifs is 1. The molecule has 3 aromatic rings. The third-order valence-electron chi connectivity index (χ3n) is 6.08. The van der Waals surface area contributed by atoms with E-state index in [1.807, 2.05) is 13.0 Å². The maximum absolute atomic E-state index is 13.3. The number of urea groups is 1. The molecule has 0 saturated carbocycles. The minimum absolute atomic E-state index is 0.141. The molecule has 2 heterocycles. The van der Waals surface area contributed by atoms with E-state index >= 15 is 0 Å². The number of carbonyl (C=O) groups excluding carboxylic acids is 2. The van der Waals surface area contributed by atoms with Crippen molar-refractivity contribution in [2.45, 2.75) is 45.7 Å². The zero-order chi connectivity index (χ0) is 24.1. The van der Waals surface area contributed by atoms with Gasteiger partial charge in [-0.25, -0.2) is 9.59 Å². The van der Waals surface area contributed by atoms with Crippen molar-refractivity contribution in [1.29, 1.82) is 0 Å². The number of carbonyl (C=O) groups is 2. The number of hydrogen-bond donors (Lipinski definition) is 1. The summed E-state index contributed by atoms with van der Waals surface area (Å²) in [4.78, 5) is 50.0. The summed E-state index contributed by atoms with van der Waals surface area (Å²) >= 11 is 0. The molecule has 0 spiro atoms. The zero-order valence-electron chi connectivity index (χ0n) is 18.7. The number of hydrogen-bond acceptors (Lipinski definition) is 6. The van der Waals surface area contributed by atoms with E-state index in [-0.39, 0.29) is 18.2 Å². The number of non-ortho nitro benzene ring substituents is 1. The Bertz CT molecular complexity index is 1380. The van der Waals surface area contributed by atoms with E-state index in [1.165, 1.54) is 31.2 Å². The summed E-state index contributed by atoms with van der Waals surface area (Å²) in [5.41, 5.74) is 0.968. The number of aryl methyl sites for hydroxylation is 1. The summed E-state index contributed by atoms with van der Waals surface area (Å²) in [6.07, 6.45) is 0. The SMILES string of the molecule is Cc1cc2oc(=O)cc(CN3C(=O)NC(C)(c4cccc([N+](=O)[O-])c4)C3=O)c2cc1C(C)C. The first kappa shape index (κ1) is 22.2. The number of nitrogens with one attached hydrogen (secondary N) is 1. The fourth-order valence-electron chi connectivity index (χ4n) is 4.28. The monoisotopic (exact) mass is 449 g/mol. The van der Waals surface area contributed by atoms with Gasteiger partial charge in [-0.15, -0.1) is 0 Å². The van der Waals surface area contributed by atoms with Gasteiger partial charge in [0.2, 0.25) is 0 Å². The average molecular weight is 449 g/mol. The van der Waals surface area contributed by atoms with Crippen LogP contribution in [0.1, 0.15) is 48.9 Å². The second kappa shape index (κ2) is 7.84. The molecule has 1 aliphatic heterocycles. The molecule has 0 aliphatic carbocycles. The molecule has 1 aromatic heterocycles. The lowest BCUT2D eigenvalue weighted by Gasteiger charge is -2.22. The van der Waals surface area contributed by atoms with E-state index in [9.17, 15) is 24.5 Å². The van der Waals surface area contributed by atoms with Crippen LogP contribution in [0.25, 0.3) is 11.0 Å². The van der Waals surface area contributed by atoms with Crippen molar-refractivity contribution < 1.29 is 18.9 Å². The smallest absolute Gasteiger partial charge is 0.336 e. The normalized spacial score (nSPS) is 18.3. The van der Waals surface area contributed by atoms with Crippen molar-refractivity contribution in [3.63, 3.8) is 0 Å². The van der Waals surface area contributed by atoms with Crippen molar-refractivity contribution in [3.05, 3.63) is 85.3 Å². The lowest BCUT2D eigenvalue weighted by molar-refractivity contribution is -0.385. The lowest BCUT2D eigenvalue weighted by atomic mass is 9.91. The Morgan fingerprint density at radius 1 is 1.15 bits per heavy atom. The standard InChI is InChI=1S/C24H23N3O6/c1-13(2)18-11-19-15(9-21(28)33-20(19)8-14(18)3)12-26-22(29)24(4,25-23(26)30)16-6-5-7-17(10-16)27(31)32/h5-11,13H,12H2,1-4H3,(H,25,30). The van der Waals surface area contributed by atoms with Crippen molar-refractivity contribution >= 4 is 28.6 Å². The molecule has 1 atom stereocenters. The maximum Gasteiger partial charge on any atom is 0.336 e. The number of nitrogens with zero attached hydrogens (tertiary/aromatic N) is 2. The zero-order valence-corrected chi connectivity index (χ0v) is 18.7. The third-order valence-corrected chi connectivity index (χ3v) is 6.08. The highest BCUT2D eigenvalue weighted by molar-refractivity contribution is 6.07. The molecule has 1 fully saturated rings. The predicted octanol–water partition coefficient (Wildman–Crippen LogP) is 4.10. The summed E-state index contributed by atoms with van der Waals surface area (Å²) in [7, 11) is 0. The van der Waals surface area contributed by atoms with Crippen LogP contribution in [0.5, 0.6) is 0 Å². The first-order valence-corrected chi connectivity index (χ1v) is 10.5. The van der Waals surface area contributed by atoms with Gasteiger partial charge in [0.1, 0.15) is 11.1 Å². The molecule has 4 rings (SSSR count). The van der Waals surface area contributed by atoms with Gasteiger partial charge in [0.05, 0.1) is 11.5 Å². The van der Waals surface area contributed by atoms with E-state index in [0.29, 0.717) is 22.1 Å². The summed E-state index contributed by atoms with van der Waals surface area (Å²) < 4.78 is 5.36. The quantitative estimate of drug-likeness (QED) is 0.271. The summed E-state index contributed by atoms with van der Waals surface area (Å²) in [6.45, 7) is 7.40. The van der Waals surface area contributed by atoms with Crippen LogP contribution in [-0.4, -0.2) is 21.8 Å². The Morgan fingerprint density at radius 3 is 2.55 bits per heavy atom. The Morgan fingerprint density at radius 2 is 1.88 bits per heavy atom. The Balaban J connectivity index is 1.76. The molecule has 9 heteroatoms. The minimum atomic E-state index is -1.47. The molecule has 2 aromatic carbocycles. The van der Waals surface area contributed by atoms with Gasteiger partial charge in [-0.05, 0) is 54.2 Å². The van der Waals surface area contributed by atoms with Crippen LogP contribution in [0.15, 0.2) is 51.7 Å². The van der Waals surface area contributed by atoms with Crippen LogP contribution < -0.4 is 10.9 Å². The van der Waals surface area contributed by atoms with Gasteiger partial charge in [0, 0.05) is 23.6 Å². The molecule has 170 valence electrons. The van der Waals surface area contributed by atoms with Crippen LogP contribution in [-0.2, 0) is 16.9 Å². The fourth-order valence-corrected chi connectivity index (χ4v) is 4.28. The van der Waals surface area contributed by atoms with Crippen molar-refractivity contribution in [2.24, 2.45) is 0 Å². The van der Waals surface area contributed by atoms with Gasteiger partial charge < -0.3 is 9.73 Å². The van der Waals surface area contributed by atoms with E-state index in [0.717, 1.165) is 16.0 Å². The van der Waals surface area contributed by atoms with Crippen molar-refractivity contribution in [1.82, 2.24) is 10.2 Å². The molecule has 9 nitrogen and oxygen atoms in total. The molecule has 1 aliphatic rings. The van der Waals surface area contributed by atoms with Gasteiger partial charge in [-0.2, -0.15) is 0 Å². The highest BCUT2D eigenvalue weighted by atomic mass is 16.6. The van der Waals surface area contributed by atoms with E-state index < -0.39 is 28.0 Å². The second-order valence-corrected chi connectivity index (χ2v) is 8.70. The van der Waals surface area contributed by atoms with Gasteiger partial charge in [0.25, 0.3) is 11.6 Å². The van der Waals surface area contributed by atoms with Crippen LogP contribution in [0.3, 0.4) is 0 Å². The average Bonchev–Trinajstić information content (AvgIpc) is 2.97. The fraction of sp³-hybridized carbons (Fsp3) is 0.292. The van der Waals surface area contributed by atoms with E-state index in [4.69, 9.17) is 4.42 Å². The molecule has 3 amide bonds. The maximum atomic E-state index is 13.3. The van der Waals surface area contributed by atoms with Gasteiger partial charge >= 0.3 is 11.7 Å². The van der Waals surface area contributed by atoms with E-state index in [2.05, 4.69) is 19.2 Å². The van der Waals surface area contributed by atoms with Crippen molar-refractivity contribution in [2.75, 3.05) is 0 Å². The van der Waals surface area contributed by atoms with Gasteiger partial charge in [-0.3, -0.25) is 19.8 Å². The van der Waals surface area contributed by atoms with Crippen molar-refractivity contribution in [3.8, 4) is 0 Å². The molecule has 1 unspecified atom stereocenters. The second-order valence-electron chi connectivity index (χ2n) is 8.70. The summed E-state index contributed by atoms with van der Waals surface area (Å²) in [5, 5.41) is 14.5. The summed E-state index contributed by atoms with van der Waals surface area (Å²) in [5.74, 6) is -0.339. The molecule has 1 N–H and O–H groups in total. The predicted molar refractivity (Wildman–Crippen MR) is 121 cm³/mol. The number of nitro benzene ring substituents is 1. The number of imide groups is 1. The molecule has 1 saturated heterocycles. The lowest BCUT2D eigenvalue weighted by Crippen LogP contribution is -2.40. The van der Waals surface area contributed by atoms with Crippen LogP contribution in [0.2, 0.25) is 0 Å². The number of amides is 3. The highest BCUT2D eigenvalue weighted by Crippen LogP contribution is 2.33. The minimum Gasteiger partial charge on any atom is -0.423 e. The molecular formula is C24H23N3O6. The number of benzene rings is 2. The van der Waals surface area contributed by atoms with Gasteiger partial charge in [0.15, 0.2) is 0 Å². The number of nitro groups is 1. The molecule has 0 radical (unpaired) electrons. The van der Waals surface area contributed by atoms with Crippen LogP contribution in [0, 0.1) is 17.0 Å². The van der Waals surface area contributed by atoms with Gasteiger partial charge in [-0.1, -0.05) is 26.0 Å². The Labute approximate surface area is 189 Å².